The maximum atomic E-state index is 12.2. The zero-order chi connectivity index (χ0) is 20.2. The average Bonchev–Trinajstić information content (AvgIpc) is 2.89. The lowest BCUT2D eigenvalue weighted by atomic mass is 10.2. The van der Waals surface area contributed by atoms with E-state index in [1.807, 2.05) is 6.92 Å². The second-order valence-electron chi connectivity index (χ2n) is 5.79. The van der Waals surface area contributed by atoms with Gasteiger partial charge in [0.25, 0.3) is 5.91 Å². The van der Waals surface area contributed by atoms with E-state index in [0.717, 1.165) is 20.6 Å². The van der Waals surface area contributed by atoms with Crippen LogP contribution in [0.4, 0.5) is 5.69 Å². The number of furan rings is 1. The maximum absolute atomic E-state index is 12.2. The summed E-state index contributed by atoms with van der Waals surface area (Å²) in [6.07, 6.45) is 2.35. The molecule has 0 aliphatic heterocycles. The van der Waals surface area contributed by atoms with Crippen molar-refractivity contribution in [2.75, 3.05) is 24.2 Å². The van der Waals surface area contributed by atoms with Crippen molar-refractivity contribution in [1.82, 2.24) is 5.43 Å². The number of carbonyl (C=O) groups is 1. The van der Waals surface area contributed by atoms with Crippen LogP contribution in [0.1, 0.15) is 17.1 Å². The number of amides is 1. The number of hydrogen-bond acceptors (Lipinski definition) is 6. The lowest BCUT2D eigenvalue weighted by Gasteiger charge is -2.23. The summed E-state index contributed by atoms with van der Waals surface area (Å²) in [6.45, 7) is 3.15. The number of aryl methyl sites for hydroxylation is 2. The Balaban J connectivity index is 2.17. The largest absolute Gasteiger partial charge is 0.495 e. The van der Waals surface area contributed by atoms with Gasteiger partial charge in [0.2, 0.25) is 10.0 Å². The predicted octanol–water partition coefficient (Wildman–Crippen LogP) is 2.58. The molecule has 2 rings (SSSR count). The molecule has 146 valence electrons. The molecule has 0 bridgehead atoms. The van der Waals surface area contributed by atoms with Crippen LogP contribution in [0.3, 0.4) is 0 Å². The second-order valence-corrected chi connectivity index (χ2v) is 8.55. The van der Waals surface area contributed by atoms with Crippen LogP contribution in [0.2, 0.25) is 0 Å². The van der Waals surface area contributed by atoms with Crippen molar-refractivity contribution in [3.05, 3.63) is 45.8 Å². The van der Waals surface area contributed by atoms with Gasteiger partial charge in [-0.2, -0.15) is 5.10 Å². The van der Waals surface area contributed by atoms with Crippen LogP contribution in [0.5, 0.6) is 5.75 Å². The third-order valence-corrected chi connectivity index (χ3v) is 5.46. The Labute approximate surface area is 166 Å². The summed E-state index contributed by atoms with van der Waals surface area (Å²) in [5.41, 5.74) is 3.40. The van der Waals surface area contributed by atoms with Crippen LogP contribution in [0, 0.1) is 13.8 Å². The van der Waals surface area contributed by atoms with E-state index in [0.29, 0.717) is 17.3 Å². The Hall–Kier alpha value is -2.33. The molecule has 0 saturated heterocycles. The third-order valence-electron chi connectivity index (χ3n) is 3.55. The van der Waals surface area contributed by atoms with Gasteiger partial charge in [-0.3, -0.25) is 9.10 Å². The summed E-state index contributed by atoms with van der Waals surface area (Å²) in [7, 11) is -2.29. The molecule has 1 N–H and O–H groups in total. The van der Waals surface area contributed by atoms with E-state index in [1.54, 1.807) is 31.2 Å². The van der Waals surface area contributed by atoms with E-state index in [-0.39, 0.29) is 5.69 Å². The zero-order valence-corrected chi connectivity index (χ0v) is 17.7. The molecule has 1 aromatic heterocycles. The van der Waals surface area contributed by atoms with E-state index < -0.39 is 22.5 Å². The molecule has 0 aliphatic rings. The monoisotopic (exact) mass is 457 g/mol. The first kappa shape index (κ1) is 21.0. The zero-order valence-electron chi connectivity index (χ0n) is 15.3. The number of hydrogen-bond donors (Lipinski definition) is 1. The number of rotatable bonds is 7. The maximum Gasteiger partial charge on any atom is 0.260 e. The SMILES string of the molecule is COc1ccc(C)cc1N(CC(=O)N/N=C\c1cc(Br)c(C)o1)S(C)(=O)=O. The van der Waals surface area contributed by atoms with Crippen LogP contribution >= 0.6 is 15.9 Å². The van der Waals surface area contributed by atoms with Crippen LogP contribution in [0.15, 0.2) is 38.3 Å². The van der Waals surface area contributed by atoms with Crippen molar-refractivity contribution in [2.24, 2.45) is 5.10 Å². The van der Waals surface area contributed by atoms with Crippen molar-refractivity contribution < 1.29 is 22.4 Å². The fourth-order valence-electron chi connectivity index (χ4n) is 2.25. The quantitative estimate of drug-likeness (QED) is 0.508. The Kier molecular flexibility index (Phi) is 6.66. The molecule has 1 heterocycles. The number of nitrogens with one attached hydrogen (secondary N) is 1. The van der Waals surface area contributed by atoms with Gasteiger partial charge in [0.1, 0.15) is 23.8 Å². The van der Waals surface area contributed by atoms with E-state index in [1.165, 1.54) is 13.3 Å². The van der Waals surface area contributed by atoms with Gasteiger partial charge in [0.15, 0.2) is 0 Å². The fourth-order valence-corrected chi connectivity index (χ4v) is 3.41. The molecule has 0 fully saturated rings. The van der Waals surface area contributed by atoms with Gasteiger partial charge in [-0.25, -0.2) is 13.8 Å². The molecule has 0 aliphatic carbocycles. The van der Waals surface area contributed by atoms with Crippen LogP contribution in [-0.4, -0.2) is 40.4 Å². The van der Waals surface area contributed by atoms with Gasteiger partial charge >= 0.3 is 0 Å². The molecule has 2 aromatic rings. The van der Waals surface area contributed by atoms with E-state index in [2.05, 4.69) is 26.5 Å². The molecule has 1 amide bonds. The Morgan fingerprint density at radius 1 is 1.37 bits per heavy atom. The number of methoxy groups -OCH3 is 1. The lowest BCUT2D eigenvalue weighted by Crippen LogP contribution is -2.39. The van der Waals surface area contributed by atoms with Gasteiger partial charge in [-0.05, 0) is 47.5 Å². The van der Waals surface area contributed by atoms with Gasteiger partial charge in [-0.15, -0.1) is 0 Å². The van der Waals surface area contributed by atoms with Crippen molar-refractivity contribution >= 4 is 43.8 Å². The number of anilines is 1. The summed E-state index contributed by atoms with van der Waals surface area (Å²) in [5.74, 6) is 0.860. The minimum atomic E-state index is -3.73. The second kappa shape index (κ2) is 8.57. The number of carbonyl (C=O) groups excluding carboxylic acids is 1. The van der Waals surface area contributed by atoms with Gasteiger partial charge in [-0.1, -0.05) is 6.07 Å². The summed E-state index contributed by atoms with van der Waals surface area (Å²) in [4.78, 5) is 12.2. The molecule has 10 heteroatoms. The smallest absolute Gasteiger partial charge is 0.260 e. The van der Waals surface area contributed by atoms with E-state index in [4.69, 9.17) is 9.15 Å². The third kappa shape index (κ3) is 5.57. The van der Waals surface area contributed by atoms with Crippen LogP contribution in [-0.2, 0) is 14.8 Å². The standard InChI is InChI=1S/C17H20BrN3O5S/c1-11-5-6-16(25-3)15(7-11)21(27(4,23)24)10-17(22)20-19-9-13-8-14(18)12(2)26-13/h5-9H,10H2,1-4H3,(H,20,22)/b19-9-. The van der Waals surface area contributed by atoms with Crippen molar-refractivity contribution in [1.29, 1.82) is 0 Å². The summed E-state index contributed by atoms with van der Waals surface area (Å²) >= 11 is 3.31. The molecule has 27 heavy (non-hydrogen) atoms. The van der Waals surface area contributed by atoms with Gasteiger partial charge in [0.05, 0.1) is 29.7 Å². The molecular weight excluding hydrogens is 438 g/mol. The number of nitrogens with zero attached hydrogens (tertiary/aromatic N) is 2. The first-order valence-corrected chi connectivity index (χ1v) is 10.5. The van der Waals surface area contributed by atoms with Crippen LogP contribution in [0.25, 0.3) is 0 Å². The highest BCUT2D eigenvalue weighted by Crippen LogP contribution is 2.30. The molecule has 1 aromatic carbocycles. The first-order chi connectivity index (χ1) is 12.6. The minimum absolute atomic E-state index is 0.282. The normalized spacial score (nSPS) is 11.6. The number of halogens is 1. The molecule has 0 saturated carbocycles. The van der Waals surface area contributed by atoms with Crippen molar-refractivity contribution in [3.8, 4) is 5.75 Å². The summed E-state index contributed by atoms with van der Waals surface area (Å²) < 4.78 is 36.8. The lowest BCUT2D eigenvalue weighted by molar-refractivity contribution is -0.119. The summed E-state index contributed by atoms with van der Waals surface area (Å²) in [6, 6.07) is 6.78. The highest BCUT2D eigenvalue weighted by molar-refractivity contribution is 9.10. The molecule has 0 atom stereocenters. The predicted molar refractivity (Wildman–Crippen MR) is 107 cm³/mol. The molecule has 0 radical (unpaired) electrons. The molecular formula is C17H20BrN3O5S. The Morgan fingerprint density at radius 2 is 2.07 bits per heavy atom. The Morgan fingerprint density at radius 3 is 2.63 bits per heavy atom. The van der Waals surface area contributed by atoms with Crippen molar-refractivity contribution in [3.63, 3.8) is 0 Å². The van der Waals surface area contributed by atoms with Crippen molar-refractivity contribution in [2.45, 2.75) is 13.8 Å². The number of benzene rings is 1. The fraction of sp³-hybridized carbons (Fsp3) is 0.294. The molecule has 0 unspecified atom stereocenters. The highest BCUT2D eigenvalue weighted by Gasteiger charge is 2.24. The number of sulfonamides is 1. The minimum Gasteiger partial charge on any atom is -0.495 e. The first-order valence-electron chi connectivity index (χ1n) is 7.82. The number of ether oxygens (including phenoxy) is 1. The number of hydrazone groups is 1. The topological polar surface area (TPSA) is 101 Å². The van der Waals surface area contributed by atoms with Gasteiger partial charge < -0.3 is 9.15 Å². The Bertz CT molecular complexity index is 949. The highest BCUT2D eigenvalue weighted by atomic mass is 79.9. The van der Waals surface area contributed by atoms with Crippen LogP contribution < -0.4 is 14.5 Å². The van der Waals surface area contributed by atoms with Gasteiger partial charge in [0, 0.05) is 6.07 Å². The van der Waals surface area contributed by atoms with E-state index >= 15 is 0 Å². The molecule has 8 nitrogen and oxygen atoms in total. The molecule has 0 spiro atoms. The summed E-state index contributed by atoms with van der Waals surface area (Å²) in [5, 5.41) is 3.79. The average molecular weight is 458 g/mol. The van der Waals surface area contributed by atoms with E-state index in [9.17, 15) is 13.2 Å².